The molecule has 0 saturated heterocycles. The number of rotatable bonds is 7. The van der Waals surface area contributed by atoms with E-state index in [9.17, 15) is 0 Å². The summed E-state index contributed by atoms with van der Waals surface area (Å²) in [6.45, 7) is 1.72. The third kappa shape index (κ3) is 4.75. The molecule has 2 nitrogen and oxygen atoms in total. The first-order chi connectivity index (χ1) is 7.67. The van der Waals surface area contributed by atoms with Crippen LogP contribution in [0.1, 0.15) is 12.0 Å². The highest BCUT2D eigenvalue weighted by Crippen LogP contribution is 2.22. The highest BCUT2D eigenvalue weighted by molar-refractivity contribution is 9.11. The van der Waals surface area contributed by atoms with E-state index in [1.54, 1.807) is 11.3 Å². The largest absolute Gasteiger partial charge is 0.329 e. The van der Waals surface area contributed by atoms with Crippen LogP contribution in [0.4, 0.5) is 0 Å². The van der Waals surface area contributed by atoms with Gasteiger partial charge in [0, 0.05) is 19.1 Å². The molecule has 1 rings (SSSR count). The number of thioether (sulfide) groups is 1. The second-order valence-corrected chi connectivity index (χ2v) is 7.12. The van der Waals surface area contributed by atoms with Crippen LogP contribution in [0, 0.1) is 0 Å². The Kier molecular flexibility index (Phi) is 7.00. The Bertz CT molecular complexity index is 304. The van der Waals surface area contributed by atoms with E-state index in [0.29, 0.717) is 6.04 Å². The minimum atomic E-state index is 0.492. The monoisotopic (exact) mass is 322 g/mol. The lowest BCUT2D eigenvalue weighted by Crippen LogP contribution is -2.37. The zero-order valence-corrected chi connectivity index (χ0v) is 13.0. The summed E-state index contributed by atoms with van der Waals surface area (Å²) in [6.07, 6.45) is 3.31. The third-order valence-electron chi connectivity index (χ3n) is 2.60. The molecule has 0 aromatic carbocycles. The first kappa shape index (κ1) is 14.5. The average Bonchev–Trinajstić information content (AvgIpc) is 2.65. The molecule has 5 heteroatoms. The number of hydrogen-bond acceptors (Lipinski definition) is 4. The van der Waals surface area contributed by atoms with Gasteiger partial charge in [-0.2, -0.15) is 11.8 Å². The summed E-state index contributed by atoms with van der Waals surface area (Å²) >= 11 is 7.11. The van der Waals surface area contributed by atoms with Gasteiger partial charge in [-0.1, -0.05) is 0 Å². The maximum atomic E-state index is 5.82. The predicted molar refractivity (Wildman–Crippen MR) is 79.3 cm³/mol. The van der Waals surface area contributed by atoms with Gasteiger partial charge in [0.05, 0.1) is 3.79 Å². The Morgan fingerprint density at radius 2 is 2.38 bits per heavy atom. The highest BCUT2D eigenvalue weighted by Gasteiger charge is 2.13. The average molecular weight is 323 g/mol. The summed E-state index contributed by atoms with van der Waals surface area (Å²) < 4.78 is 1.20. The van der Waals surface area contributed by atoms with Gasteiger partial charge in [0.2, 0.25) is 0 Å². The van der Waals surface area contributed by atoms with Gasteiger partial charge in [-0.15, -0.1) is 11.3 Å². The summed E-state index contributed by atoms with van der Waals surface area (Å²) in [7, 11) is 2.16. The molecule has 1 atom stereocenters. The standard InChI is InChI=1S/C11H19BrN2S2/c1-14(10(6-13)3-4-15-2)7-9-5-11(12)16-8-9/h5,8,10H,3-4,6-7,13H2,1-2H3. The molecule has 0 radical (unpaired) electrons. The van der Waals surface area contributed by atoms with E-state index in [1.165, 1.54) is 21.5 Å². The zero-order chi connectivity index (χ0) is 12.0. The Labute approximate surface area is 115 Å². The molecule has 1 aromatic heterocycles. The van der Waals surface area contributed by atoms with Crippen LogP contribution < -0.4 is 5.73 Å². The Hall–Kier alpha value is 0.450. The maximum Gasteiger partial charge on any atom is 0.0701 e. The second kappa shape index (κ2) is 7.71. The third-order valence-corrected chi connectivity index (χ3v) is 4.80. The van der Waals surface area contributed by atoms with Crippen LogP contribution in [-0.4, -0.2) is 36.5 Å². The van der Waals surface area contributed by atoms with Gasteiger partial charge >= 0.3 is 0 Å². The van der Waals surface area contributed by atoms with Crippen LogP contribution in [0.5, 0.6) is 0 Å². The lowest BCUT2D eigenvalue weighted by atomic mass is 10.2. The molecule has 1 heterocycles. The quantitative estimate of drug-likeness (QED) is 0.836. The SMILES string of the molecule is CSCCC(CN)N(C)Cc1csc(Br)c1. The van der Waals surface area contributed by atoms with Crippen LogP contribution >= 0.6 is 39.0 Å². The van der Waals surface area contributed by atoms with Crippen molar-refractivity contribution in [2.24, 2.45) is 5.73 Å². The Morgan fingerprint density at radius 3 is 2.88 bits per heavy atom. The van der Waals surface area contributed by atoms with Crippen LogP contribution in [-0.2, 0) is 6.54 Å². The molecule has 0 saturated carbocycles. The zero-order valence-electron chi connectivity index (χ0n) is 9.78. The van der Waals surface area contributed by atoms with Gasteiger partial charge < -0.3 is 5.73 Å². The molecular formula is C11H19BrN2S2. The van der Waals surface area contributed by atoms with E-state index < -0.39 is 0 Å². The van der Waals surface area contributed by atoms with Crippen molar-refractivity contribution in [3.05, 3.63) is 20.8 Å². The molecule has 1 unspecified atom stereocenters. The number of thiophene rings is 1. The van der Waals surface area contributed by atoms with Crippen LogP contribution in [0.3, 0.4) is 0 Å². The van der Waals surface area contributed by atoms with Crippen molar-refractivity contribution in [3.8, 4) is 0 Å². The number of hydrogen-bond donors (Lipinski definition) is 1. The fourth-order valence-electron chi connectivity index (χ4n) is 1.62. The normalized spacial score (nSPS) is 13.3. The molecule has 0 aliphatic heterocycles. The fourth-order valence-corrected chi connectivity index (χ4v) is 3.33. The van der Waals surface area contributed by atoms with E-state index in [4.69, 9.17) is 5.73 Å². The van der Waals surface area contributed by atoms with Crippen molar-refractivity contribution in [3.63, 3.8) is 0 Å². The van der Waals surface area contributed by atoms with E-state index in [-0.39, 0.29) is 0 Å². The van der Waals surface area contributed by atoms with Gasteiger partial charge in [-0.3, -0.25) is 4.90 Å². The van der Waals surface area contributed by atoms with Crippen molar-refractivity contribution < 1.29 is 0 Å². The van der Waals surface area contributed by atoms with E-state index in [0.717, 1.165) is 13.1 Å². The molecule has 0 bridgehead atoms. The Balaban J connectivity index is 2.45. The summed E-state index contributed by atoms with van der Waals surface area (Å²) in [6, 6.07) is 2.68. The molecule has 0 aliphatic rings. The van der Waals surface area contributed by atoms with Crippen LogP contribution in [0.2, 0.25) is 0 Å². The first-order valence-corrected chi connectivity index (χ1v) is 8.36. The highest BCUT2D eigenvalue weighted by atomic mass is 79.9. The minimum Gasteiger partial charge on any atom is -0.329 e. The number of nitrogens with zero attached hydrogens (tertiary/aromatic N) is 1. The van der Waals surface area contributed by atoms with E-state index in [2.05, 4.69) is 45.6 Å². The molecule has 2 N–H and O–H groups in total. The van der Waals surface area contributed by atoms with E-state index in [1.807, 2.05) is 11.8 Å². The Morgan fingerprint density at radius 1 is 1.62 bits per heavy atom. The fraction of sp³-hybridized carbons (Fsp3) is 0.636. The van der Waals surface area contributed by atoms with Gasteiger partial charge in [0.25, 0.3) is 0 Å². The molecule has 0 aliphatic carbocycles. The molecule has 92 valence electrons. The lowest BCUT2D eigenvalue weighted by molar-refractivity contribution is 0.234. The van der Waals surface area contributed by atoms with Crippen molar-refractivity contribution in [1.82, 2.24) is 4.90 Å². The van der Waals surface area contributed by atoms with Crippen LogP contribution in [0.25, 0.3) is 0 Å². The van der Waals surface area contributed by atoms with E-state index >= 15 is 0 Å². The molecular weight excluding hydrogens is 304 g/mol. The summed E-state index contributed by atoms with van der Waals surface area (Å²) in [4.78, 5) is 2.35. The van der Waals surface area contributed by atoms with Gasteiger partial charge in [-0.05, 0) is 58.4 Å². The smallest absolute Gasteiger partial charge is 0.0701 e. The number of nitrogens with two attached hydrogens (primary N) is 1. The molecule has 0 amide bonds. The first-order valence-electron chi connectivity index (χ1n) is 5.29. The van der Waals surface area contributed by atoms with Gasteiger partial charge in [0.1, 0.15) is 0 Å². The van der Waals surface area contributed by atoms with Crippen LogP contribution in [0.15, 0.2) is 15.2 Å². The predicted octanol–water partition coefficient (Wildman–Crippen LogP) is 3.02. The second-order valence-electron chi connectivity index (χ2n) is 3.85. The lowest BCUT2D eigenvalue weighted by Gasteiger charge is -2.26. The molecule has 0 spiro atoms. The van der Waals surface area contributed by atoms with Gasteiger partial charge in [-0.25, -0.2) is 0 Å². The minimum absolute atomic E-state index is 0.492. The van der Waals surface area contributed by atoms with Gasteiger partial charge in [0.15, 0.2) is 0 Å². The number of likely N-dealkylation sites (N-methyl/N-ethyl adjacent to an activating group) is 1. The maximum absolute atomic E-state index is 5.82. The molecule has 0 fully saturated rings. The van der Waals surface area contributed by atoms with Crippen molar-refractivity contribution >= 4 is 39.0 Å². The molecule has 1 aromatic rings. The summed E-state index contributed by atoms with van der Waals surface area (Å²) in [5.41, 5.74) is 7.18. The number of halogens is 1. The van der Waals surface area contributed by atoms with Crippen molar-refractivity contribution in [1.29, 1.82) is 0 Å². The molecule has 16 heavy (non-hydrogen) atoms. The summed E-state index contributed by atoms with van der Waals surface area (Å²) in [5, 5.41) is 2.20. The van der Waals surface area contributed by atoms with Crippen molar-refractivity contribution in [2.75, 3.05) is 25.6 Å². The topological polar surface area (TPSA) is 29.3 Å². The van der Waals surface area contributed by atoms with Crippen molar-refractivity contribution in [2.45, 2.75) is 19.0 Å². The summed E-state index contributed by atoms with van der Waals surface area (Å²) in [5.74, 6) is 1.18.